The van der Waals surface area contributed by atoms with Crippen LogP contribution in [0.25, 0.3) is 56.1 Å². The number of hydrogen-bond acceptors (Lipinski definition) is 25. The number of fused-ring (bicyclic) bond motifs is 5. The number of amides is 1. The van der Waals surface area contributed by atoms with Gasteiger partial charge in [0.15, 0.2) is 58.7 Å². The quantitative estimate of drug-likeness (QED) is 0.0274. The predicted molar refractivity (Wildman–Crippen MR) is 643 cm³/mol. The van der Waals surface area contributed by atoms with Crippen molar-refractivity contribution in [2.24, 2.45) is 5.84 Å². The summed E-state index contributed by atoms with van der Waals surface area (Å²) in [5, 5.41) is 55.5. The van der Waals surface area contributed by atoms with Crippen LogP contribution < -0.4 is 33.0 Å². The summed E-state index contributed by atoms with van der Waals surface area (Å²) in [4.78, 5) is 83.2. The van der Waals surface area contributed by atoms with E-state index in [1.807, 2.05) is 194 Å². The molecule has 0 radical (unpaired) electrons. The number of nitrogens with one attached hydrogen (secondary N) is 5. The first-order chi connectivity index (χ1) is 71.6. The smallest absolute Gasteiger partial charge is 0.338 e. The lowest BCUT2D eigenvalue weighted by atomic mass is 10.0. The van der Waals surface area contributed by atoms with Gasteiger partial charge in [-0.2, -0.15) is 10.2 Å². The van der Waals surface area contributed by atoms with Gasteiger partial charge in [-0.1, -0.05) is 48.5 Å². The lowest BCUT2D eigenvalue weighted by Gasteiger charge is -2.32. The maximum atomic E-state index is 14.9. The number of pyridine rings is 4. The van der Waals surface area contributed by atoms with Crippen LogP contribution in [0.1, 0.15) is 120 Å². The minimum atomic E-state index is -1.32. The summed E-state index contributed by atoms with van der Waals surface area (Å²) in [5.74, 6) is 3.99. The van der Waals surface area contributed by atoms with Crippen molar-refractivity contribution in [3.63, 3.8) is 0 Å². The Hall–Kier alpha value is -6.61. The van der Waals surface area contributed by atoms with Gasteiger partial charge in [0.25, 0.3) is 17.0 Å². The minimum Gasteiger partial charge on any atom is -0.478 e. The summed E-state index contributed by atoms with van der Waals surface area (Å²) < 4.78 is 98.0. The van der Waals surface area contributed by atoms with E-state index in [1.165, 1.54) is 95.7 Å². The van der Waals surface area contributed by atoms with E-state index in [4.69, 9.17) is 36.3 Å². The van der Waals surface area contributed by atoms with E-state index in [2.05, 4.69) is 97.0 Å². The van der Waals surface area contributed by atoms with Crippen LogP contribution in [-0.4, -0.2) is 142 Å². The molecule has 0 aliphatic carbocycles. The number of hydrazine groups is 1. The van der Waals surface area contributed by atoms with Crippen LogP contribution in [0.3, 0.4) is 0 Å². The number of aromatic carboxylic acids is 1. The molecule has 0 saturated carbocycles. The maximum absolute atomic E-state index is 14.9. The average Bonchev–Trinajstić information content (AvgIpc) is 1.61. The molecule has 3 aliphatic rings. The fraction of sp³-hybridized carbons (Fsp3) is 0.197. The third-order valence-electron chi connectivity index (χ3n) is 18.5. The zero-order valence-corrected chi connectivity index (χ0v) is 100. The van der Waals surface area contributed by atoms with Crippen LogP contribution in [0.4, 0.5) is 32.2 Å². The molecule has 0 saturated heterocycles. The van der Waals surface area contributed by atoms with Crippen LogP contribution in [0, 0.1) is 41.8 Å². The SMILES string of the molecule is CC1CN(C(=O)c2cc(Cc3n[nH]c(=O)c4ccccc34)ccc2F)Cc2nnc(-c3ncccc3F)n21.CC1CNCc2nnc(-c3ncccc3F)n21.CC1CNCc2nnc(-c3ncccc3F)n21.Cc1cncc(NN)n1.O=C(O)c1cc(Cc2n[nH]c(=O)c3ccccc23)ccc1F.O=Cc1ncccc1F.S=S=S=S=S=S=S=S=S=S=S=S=S=S=S=S=S=S=S=S=S=S=S=S=S=S=S=S=S=S=S=S=S.[2H][2H].[HH]. The molecule has 69 heteroatoms. The van der Waals surface area contributed by atoms with Gasteiger partial charge in [0, 0.05) is 388 Å². The summed E-state index contributed by atoms with van der Waals surface area (Å²) in [7, 11) is 54.6. The summed E-state index contributed by atoms with van der Waals surface area (Å²) in [5.41, 5.74) is 5.15. The molecule has 13 heterocycles. The summed E-state index contributed by atoms with van der Waals surface area (Å²) in [6, 6.07) is 33.8. The molecule has 17 rings (SSSR count). The number of halogens is 6. The number of carbonyl (C=O) groups excluding carboxylic acids is 2. The van der Waals surface area contributed by atoms with Crippen LogP contribution in [0.2, 0.25) is 0 Å². The lowest BCUT2D eigenvalue weighted by Crippen LogP contribution is -2.41. The fourth-order valence-corrected chi connectivity index (χ4v) is 92.4. The van der Waals surface area contributed by atoms with E-state index < -0.39 is 35.1 Å². The van der Waals surface area contributed by atoms with Crippen molar-refractivity contribution in [1.29, 1.82) is 0 Å². The fourth-order valence-electron chi connectivity index (χ4n) is 12.8. The third-order valence-corrected chi connectivity index (χ3v) is 85.2. The highest BCUT2D eigenvalue weighted by Gasteiger charge is 2.33. The first-order valence-corrected chi connectivity index (χ1v) is 82.6. The number of nitrogens with zero attached hydrogens (tertiary/aromatic N) is 18. The number of anilines is 1. The lowest BCUT2D eigenvalue weighted by molar-refractivity contribution is 0.0673. The van der Waals surface area contributed by atoms with Crippen molar-refractivity contribution < 1.29 is 50.2 Å². The van der Waals surface area contributed by atoms with E-state index in [0.29, 0.717) is 93.1 Å². The molecule has 1 amide bonds. The molecular formula is C76H72F6N24O6S33. The third kappa shape index (κ3) is 37.7. The Labute approximate surface area is 923 Å². The molecule has 30 nitrogen and oxygen atoms in total. The standard InChI is InChI=1S/C27H21F2N7O2.C16H11FN2O3.2C11H12FN5.C6H4FNO.C5H8N4.S33.2H2/c1-15-13-35(14-23-32-33-25(36(15)23)24-21(29)7-4-10-30-24)27(38)19-11-16(8-9-20(19)28)12-22-17-5-2-3-6-18(17)26(37)34-31-22;17-13-6-5-9(7-12(13)16(21)22)8-14-10-3-1-2-4-11(10)15(20)19-18-14;2*1-7-5-13-6-9-15-16-11(17(7)9)10-8(12)3-2-4-14-10;7-5-2-1-3-8-6(5)4-9;1-4-2-7-3-5(8-4)9-6;1-3-5-7-9-11-13-15-17-19-21-23-25-27-29-31-33-32-30-28-26-24-22-20-18-16-14-12-10-8-6-4-2;;/h2-11,15H,12-14H2,1H3,(H,34,37);1-7H,8H2,(H,19,20)(H,21,22);2*2-4,7,13H,5-6H2,1H3;1-4H;2-3H,6H2,1H3,(H,8,9);;2*1H/i;;;;;;;1+1D;. The second-order valence-corrected chi connectivity index (χ2v) is 82.4. The number of aromatic nitrogens is 19. The van der Waals surface area contributed by atoms with E-state index in [-0.39, 0.29) is 102 Å². The monoisotopic (exact) mass is 2590 g/mol. The molecular weight excluding hydrogens is 2520 g/mol. The zero-order valence-electron chi connectivity index (χ0n) is 75.5. The van der Waals surface area contributed by atoms with Crippen LogP contribution in [0.15, 0.2) is 180 Å². The molecule has 3 unspecified atom stereocenters. The van der Waals surface area contributed by atoms with Crippen molar-refractivity contribution in [3.8, 4) is 34.6 Å². The van der Waals surface area contributed by atoms with Crippen LogP contribution >= 0.6 is 0 Å². The molecule has 14 aromatic rings. The minimum absolute atomic E-state index is 0. The van der Waals surface area contributed by atoms with Gasteiger partial charge < -0.3 is 39.8 Å². The van der Waals surface area contributed by atoms with Crippen LogP contribution in [-0.2, 0) is 330 Å². The van der Waals surface area contributed by atoms with Crippen LogP contribution in [0.5, 0.6) is 0 Å². The number of benzene rings is 4. The molecule has 3 aliphatic heterocycles. The number of aldehydes is 1. The van der Waals surface area contributed by atoms with Gasteiger partial charge in [-0.05, 0) is 124 Å². The number of aromatic amines is 2. The summed E-state index contributed by atoms with van der Waals surface area (Å²) >= 11 is 9.59. The van der Waals surface area contributed by atoms with E-state index in [0.717, 1.165) is 36.5 Å². The zero-order chi connectivity index (χ0) is 105. The van der Waals surface area contributed by atoms with Crippen molar-refractivity contribution in [1.82, 2.24) is 110 Å². The summed E-state index contributed by atoms with van der Waals surface area (Å²) in [6.45, 7) is 11.1. The maximum Gasteiger partial charge on any atom is 0.338 e. The van der Waals surface area contributed by atoms with E-state index in [1.54, 1.807) is 197 Å². The molecule has 772 valence electrons. The first kappa shape index (κ1) is 117. The Morgan fingerprint density at radius 3 is 1.18 bits per heavy atom. The van der Waals surface area contributed by atoms with Crippen molar-refractivity contribution in [2.75, 3.05) is 25.1 Å². The highest BCUT2D eigenvalue weighted by atomic mass is 33.5. The van der Waals surface area contributed by atoms with E-state index in [9.17, 15) is 50.3 Å². The normalized spacial score (nSPS) is 13.0. The number of H-pyrrole nitrogens is 2. The number of aryl methyl sites for hydroxylation is 1. The Morgan fingerprint density at radius 1 is 0.469 bits per heavy atom. The van der Waals surface area contributed by atoms with Crippen molar-refractivity contribution >= 4 is 343 Å². The van der Waals surface area contributed by atoms with Gasteiger partial charge in [0.1, 0.15) is 46.1 Å². The van der Waals surface area contributed by atoms with E-state index >= 15 is 0 Å². The summed E-state index contributed by atoms with van der Waals surface area (Å²) in [6.07, 6.45) is 10.2. The number of nitrogen functional groups attached to an aromatic ring is 1. The predicted octanol–water partition coefficient (Wildman–Crippen LogP) is 9.82. The highest BCUT2D eigenvalue weighted by Crippen LogP contribution is 2.32. The average molecular weight is 2590 g/mol. The number of rotatable bonds is 11. The number of carbonyl (C=O) groups is 3. The molecule has 0 spiro atoms. The topological polar surface area (TPSA) is 398 Å². The van der Waals surface area contributed by atoms with Gasteiger partial charge >= 0.3 is 5.97 Å². The molecule has 4 aromatic carbocycles. The highest BCUT2D eigenvalue weighted by molar-refractivity contribution is 8.80. The van der Waals surface area contributed by atoms with Crippen molar-refractivity contribution in [3.05, 3.63) is 289 Å². The van der Waals surface area contributed by atoms with Gasteiger partial charge in [-0.3, -0.25) is 29.1 Å². The Balaban J connectivity index is 0.000000201. The molecule has 145 heavy (non-hydrogen) atoms. The second kappa shape index (κ2) is 65.6. The second-order valence-electron chi connectivity index (χ2n) is 27.6. The number of hydrogen-bond donors (Lipinski definition) is 7. The van der Waals surface area contributed by atoms with Crippen molar-refractivity contribution in [2.45, 2.75) is 78.3 Å². The molecule has 10 aromatic heterocycles. The molecule has 3 atom stereocenters. The Kier molecular flexibility index (Phi) is 53.0. The molecule has 0 bridgehead atoms. The number of carboxylic acids is 1. The van der Waals surface area contributed by atoms with Gasteiger partial charge in [-0.15, -0.1) is 30.6 Å². The van der Waals surface area contributed by atoms with Gasteiger partial charge in [-0.25, -0.2) is 67.1 Å². The molecule has 8 N–H and O–H groups in total. The Morgan fingerprint density at radius 2 is 0.828 bits per heavy atom. The van der Waals surface area contributed by atoms with Gasteiger partial charge in [0.05, 0.1) is 70.9 Å². The van der Waals surface area contributed by atoms with Gasteiger partial charge in [0.2, 0.25) is 0 Å². The number of carboxylic acid groups (broad SMARTS) is 1. The molecule has 0 fully saturated rings. The first-order valence-electron chi connectivity index (χ1n) is 40.9. The largest absolute Gasteiger partial charge is 0.478 e. The number of nitrogens with two attached hydrogens (primary N) is 1. The Bertz CT molecular complexity index is 8690.